The Balaban J connectivity index is 1.83. The third kappa shape index (κ3) is 3.07. The second kappa shape index (κ2) is 7.02. The molecule has 0 amide bonds. The van der Waals surface area contributed by atoms with Crippen LogP contribution >= 0.6 is 0 Å². The van der Waals surface area contributed by atoms with Gasteiger partial charge >= 0.3 is 6.02 Å². The predicted molar refractivity (Wildman–Crippen MR) is 105 cm³/mol. The topological polar surface area (TPSA) is 28.1 Å². The summed E-state index contributed by atoms with van der Waals surface area (Å²) in [5.41, 5.74) is 4.21. The third-order valence-corrected chi connectivity index (χ3v) is 4.48. The Morgan fingerprint density at radius 2 is 1.42 bits per heavy atom. The lowest BCUT2D eigenvalue weighted by atomic mass is 10.1. The van der Waals surface area contributed by atoms with Crippen LogP contribution in [-0.4, -0.2) is 18.1 Å². The minimum Gasteiger partial charge on any atom is -0.365 e. The van der Waals surface area contributed by atoms with Crippen LogP contribution in [0.5, 0.6) is 0 Å². The van der Waals surface area contributed by atoms with Crippen molar-refractivity contribution in [2.75, 3.05) is 11.9 Å². The van der Waals surface area contributed by atoms with E-state index in [0.717, 1.165) is 22.5 Å². The summed E-state index contributed by atoms with van der Waals surface area (Å²) in [5.74, 6) is 0. The van der Waals surface area contributed by atoms with Crippen LogP contribution < -0.4 is 4.90 Å². The summed E-state index contributed by atoms with van der Waals surface area (Å²) < 4.78 is 0. The number of para-hydroxylation sites is 2. The Hall–Kier alpha value is -3.11. The van der Waals surface area contributed by atoms with E-state index >= 15 is 0 Å². The van der Waals surface area contributed by atoms with Gasteiger partial charge in [0.25, 0.3) is 0 Å². The lowest BCUT2D eigenvalue weighted by molar-refractivity contribution is -0.0493. The van der Waals surface area contributed by atoms with Crippen LogP contribution in [0.25, 0.3) is 0 Å². The number of hydroxylamine groups is 2. The molecule has 0 N–H and O–H groups in total. The lowest BCUT2D eigenvalue weighted by Gasteiger charge is -2.25. The van der Waals surface area contributed by atoms with Gasteiger partial charge in [-0.2, -0.15) is 4.99 Å². The van der Waals surface area contributed by atoms with E-state index in [9.17, 15) is 0 Å². The largest absolute Gasteiger partial charge is 0.365 e. The van der Waals surface area contributed by atoms with Gasteiger partial charge in [0.05, 0.1) is 5.69 Å². The number of rotatable bonds is 3. The summed E-state index contributed by atoms with van der Waals surface area (Å²) >= 11 is 0. The SMILES string of the molecule is Cc1ccccc1N=C1ON(C)[C@H](c2ccccc2)N1c1ccccc1. The normalized spacial score (nSPS) is 18.9. The maximum atomic E-state index is 6.06. The van der Waals surface area contributed by atoms with E-state index in [4.69, 9.17) is 9.83 Å². The molecule has 26 heavy (non-hydrogen) atoms. The maximum absolute atomic E-state index is 6.06. The molecule has 4 nitrogen and oxygen atoms in total. The number of aryl methyl sites for hydroxylation is 1. The molecule has 4 rings (SSSR count). The van der Waals surface area contributed by atoms with Gasteiger partial charge < -0.3 is 4.84 Å². The number of nitrogens with zero attached hydrogens (tertiary/aromatic N) is 3. The van der Waals surface area contributed by atoms with Crippen molar-refractivity contribution in [2.24, 2.45) is 4.99 Å². The van der Waals surface area contributed by atoms with Crippen LogP contribution in [0.3, 0.4) is 0 Å². The summed E-state index contributed by atoms with van der Waals surface area (Å²) in [5, 5.41) is 1.85. The fourth-order valence-corrected chi connectivity index (χ4v) is 3.18. The van der Waals surface area contributed by atoms with Crippen LogP contribution in [0.2, 0.25) is 0 Å². The van der Waals surface area contributed by atoms with Crippen LogP contribution in [0.15, 0.2) is 89.9 Å². The van der Waals surface area contributed by atoms with E-state index in [2.05, 4.69) is 42.2 Å². The summed E-state index contributed by atoms with van der Waals surface area (Å²) in [6.45, 7) is 2.06. The number of amidine groups is 1. The van der Waals surface area contributed by atoms with Gasteiger partial charge in [-0.1, -0.05) is 66.7 Å². The highest BCUT2D eigenvalue weighted by atomic mass is 16.7. The van der Waals surface area contributed by atoms with Crippen molar-refractivity contribution in [3.63, 3.8) is 0 Å². The van der Waals surface area contributed by atoms with Crippen molar-refractivity contribution in [1.29, 1.82) is 0 Å². The zero-order valence-corrected chi connectivity index (χ0v) is 14.9. The molecule has 1 atom stereocenters. The first-order valence-corrected chi connectivity index (χ1v) is 8.68. The van der Waals surface area contributed by atoms with E-state index < -0.39 is 0 Å². The van der Waals surface area contributed by atoms with Crippen LogP contribution in [-0.2, 0) is 4.84 Å². The molecule has 3 aromatic rings. The Bertz CT molecular complexity index is 909. The first kappa shape index (κ1) is 16.4. The Morgan fingerprint density at radius 1 is 0.808 bits per heavy atom. The van der Waals surface area contributed by atoms with Crippen molar-refractivity contribution in [1.82, 2.24) is 5.06 Å². The second-order valence-electron chi connectivity index (χ2n) is 6.31. The predicted octanol–water partition coefficient (Wildman–Crippen LogP) is 5.06. The van der Waals surface area contributed by atoms with Gasteiger partial charge in [-0.25, -0.2) is 0 Å². The molecule has 0 saturated carbocycles. The molecule has 1 fully saturated rings. The molecular weight excluding hydrogens is 322 g/mol. The van der Waals surface area contributed by atoms with Crippen LogP contribution in [0.1, 0.15) is 17.3 Å². The number of aliphatic imine (C=N–C) groups is 1. The third-order valence-electron chi connectivity index (χ3n) is 4.48. The summed E-state index contributed by atoms with van der Waals surface area (Å²) in [4.78, 5) is 13.0. The van der Waals surface area contributed by atoms with Crippen molar-refractivity contribution in [3.05, 3.63) is 96.1 Å². The minimum atomic E-state index is -0.0821. The number of anilines is 1. The Labute approximate surface area is 153 Å². The van der Waals surface area contributed by atoms with Gasteiger partial charge in [0, 0.05) is 12.7 Å². The van der Waals surface area contributed by atoms with Gasteiger partial charge in [0.15, 0.2) is 6.17 Å². The Morgan fingerprint density at radius 3 is 2.12 bits per heavy atom. The van der Waals surface area contributed by atoms with Gasteiger partial charge in [0.1, 0.15) is 0 Å². The molecule has 0 radical (unpaired) electrons. The monoisotopic (exact) mass is 343 g/mol. The fourth-order valence-electron chi connectivity index (χ4n) is 3.18. The van der Waals surface area contributed by atoms with E-state index in [-0.39, 0.29) is 6.17 Å². The van der Waals surface area contributed by atoms with Gasteiger partial charge in [-0.05, 0) is 36.2 Å². The standard InChI is InChI=1S/C22H21N3O/c1-17-11-9-10-16-20(17)23-22-25(19-14-7-4-8-15-19)21(24(2)26-22)18-12-5-3-6-13-18/h3-16,21H,1-2H3/t21-/m0/s1. The number of hydrogen-bond donors (Lipinski definition) is 0. The molecule has 0 spiro atoms. The van der Waals surface area contributed by atoms with E-state index in [1.54, 1.807) is 0 Å². The highest BCUT2D eigenvalue weighted by Crippen LogP contribution is 2.36. The zero-order valence-electron chi connectivity index (χ0n) is 14.9. The first-order valence-electron chi connectivity index (χ1n) is 8.68. The molecule has 4 heteroatoms. The first-order chi connectivity index (χ1) is 12.7. The maximum Gasteiger partial charge on any atom is 0.319 e. The number of benzene rings is 3. The van der Waals surface area contributed by atoms with Crippen LogP contribution in [0, 0.1) is 6.92 Å². The fraction of sp³-hybridized carbons (Fsp3) is 0.136. The summed E-state index contributed by atoms with van der Waals surface area (Å²) in [6, 6.07) is 29.2. The van der Waals surface area contributed by atoms with Crippen molar-refractivity contribution < 1.29 is 4.84 Å². The van der Waals surface area contributed by atoms with Gasteiger partial charge in [0.2, 0.25) is 0 Å². The summed E-state index contributed by atoms with van der Waals surface area (Å²) in [6.07, 6.45) is -0.0821. The Kier molecular flexibility index (Phi) is 4.42. The molecule has 0 aromatic heterocycles. The lowest BCUT2D eigenvalue weighted by Crippen LogP contribution is -2.30. The molecule has 0 aliphatic carbocycles. The quantitative estimate of drug-likeness (QED) is 0.665. The molecule has 1 heterocycles. The zero-order chi connectivity index (χ0) is 17.9. The number of hydrogen-bond acceptors (Lipinski definition) is 3. The highest BCUT2D eigenvalue weighted by molar-refractivity contribution is 5.95. The van der Waals surface area contributed by atoms with Crippen molar-refractivity contribution >= 4 is 17.4 Å². The summed E-state index contributed by atoms with van der Waals surface area (Å²) in [7, 11) is 1.94. The van der Waals surface area contributed by atoms with Gasteiger partial charge in [-0.15, -0.1) is 5.06 Å². The molecule has 1 aliphatic heterocycles. The average molecular weight is 343 g/mol. The molecule has 1 aliphatic rings. The molecule has 0 unspecified atom stereocenters. The van der Waals surface area contributed by atoms with Crippen LogP contribution in [0.4, 0.5) is 11.4 Å². The molecule has 1 saturated heterocycles. The van der Waals surface area contributed by atoms with Crippen molar-refractivity contribution in [2.45, 2.75) is 13.1 Å². The average Bonchev–Trinajstić information content (AvgIpc) is 3.01. The smallest absolute Gasteiger partial charge is 0.319 e. The van der Waals surface area contributed by atoms with Crippen molar-refractivity contribution in [3.8, 4) is 0 Å². The minimum absolute atomic E-state index is 0.0821. The van der Waals surface area contributed by atoms with Gasteiger partial charge in [-0.3, -0.25) is 4.90 Å². The molecule has 3 aromatic carbocycles. The van der Waals surface area contributed by atoms with E-state index in [1.807, 2.05) is 66.7 Å². The molecular formula is C22H21N3O. The van der Waals surface area contributed by atoms with E-state index in [1.165, 1.54) is 0 Å². The molecule has 130 valence electrons. The molecule has 0 bridgehead atoms. The van der Waals surface area contributed by atoms with E-state index in [0.29, 0.717) is 6.02 Å². The second-order valence-corrected chi connectivity index (χ2v) is 6.31. The highest BCUT2D eigenvalue weighted by Gasteiger charge is 2.38.